The first-order valence-electron chi connectivity index (χ1n) is 4.90. The second-order valence-electron chi connectivity index (χ2n) is 3.67. The first kappa shape index (κ1) is 11.1. The van der Waals surface area contributed by atoms with Crippen molar-refractivity contribution < 1.29 is 4.74 Å². The lowest BCUT2D eigenvalue weighted by Crippen LogP contribution is -2.20. The molecule has 1 aromatic heterocycles. The molecule has 0 saturated carbocycles. The van der Waals surface area contributed by atoms with Crippen LogP contribution in [0.15, 0.2) is 18.3 Å². The number of aryl methyl sites for hydroxylation is 1. The number of ether oxygens (including phenoxy) is 1. The molecule has 3 nitrogen and oxygen atoms in total. The number of nitrogens with two attached hydrogens (primary N) is 1. The molecular formula is C11H18N2O. The Labute approximate surface area is 85.3 Å². The lowest BCUT2D eigenvalue weighted by Gasteiger charge is -2.15. The van der Waals surface area contributed by atoms with Crippen LogP contribution in [0.25, 0.3) is 0 Å². The normalized spacial score (nSPS) is 13.2. The van der Waals surface area contributed by atoms with E-state index in [1.54, 1.807) is 6.20 Å². The first-order valence-corrected chi connectivity index (χ1v) is 4.90. The summed E-state index contributed by atoms with van der Waals surface area (Å²) in [5, 5.41) is 0. The monoisotopic (exact) mass is 194 g/mol. The minimum absolute atomic E-state index is 0.0777. The Kier molecular flexibility index (Phi) is 4.04. The van der Waals surface area contributed by atoms with E-state index in [1.807, 2.05) is 32.9 Å². The van der Waals surface area contributed by atoms with E-state index in [4.69, 9.17) is 10.5 Å². The summed E-state index contributed by atoms with van der Waals surface area (Å²) >= 11 is 0. The van der Waals surface area contributed by atoms with Crippen LogP contribution in [0, 0.1) is 6.92 Å². The van der Waals surface area contributed by atoms with Crippen LogP contribution in [0.1, 0.15) is 31.1 Å². The Morgan fingerprint density at radius 3 is 2.79 bits per heavy atom. The zero-order chi connectivity index (χ0) is 10.6. The summed E-state index contributed by atoms with van der Waals surface area (Å²) in [6.45, 7) is 6.51. The van der Waals surface area contributed by atoms with Crippen molar-refractivity contribution in [2.45, 2.75) is 32.9 Å². The molecule has 0 radical (unpaired) electrons. The van der Waals surface area contributed by atoms with Gasteiger partial charge in [-0.3, -0.25) is 4.98 Å². The minimum atomic E-state index is -0.0777. The molecule has 14 heavy (non-hydrogen) atoms. The van der Waals surface area contributed by atoms with E-state index < -0.39 is 0 Å². The van der Waals surface area contributed by atoms with Crippen molar-refractivity contribution in [2.75, 3.05) is 6.61 Å². The van der Waals surface area contributed by atoms with E-state index in [0.29, 0.717) is 6.61 Å². The lowest BCUT2D eigenvalue weighted by atomic mass is 10.1. The van der Waals surface area contributed by atoms with Crippen LogP contribution in [0.5, 0.6) is 0 Å². The van der Waals surface area contributed by atoms with E-state index >= 15 is 0 Å². The summed E-state index contributed by atoms with van der Waals surface area (Å²) in [5.74, 6) is 0. The zero-order valence-electron chi connectivity index (χ0n) is 9.03. The van der Waals surface area contributed by atoms with Crippen LogP contribution in [0.3, 0.4) is 0 Å². The van der Waals surface area contributed by atoms with Crippen LogP contribution in [-0.2, 0) is 4.74 Å². The fourth-order valence-corrected chi connectivity index (χ4v) is 1.27. The summed E-state index contributed by atoms with van der Waals surface area (Å²) in [4.78, 5) is 4.19. The number of rotatable bonds is 4. The van der Waals surface area contributed by atoms with Gasteiger partial charge in [-0.1, -0.05) is 6.07 Å². The number of aromatic nitrogens is 1. The third kappa shape index (κ3) is 3.09. The van der Waals surface area contributed by atoms with Crippen molar-refractivity contribution >= 4 is 0 Å². The Morgan fingerprint density at radius 1 is 1.50 bits per heavy atom. The molecule has 3 heteroatoms. The number of pyridine rings is 1. The highest BCUT2D eigenvalue weighted by molar-refractivity contribution is 5.21. The molecule has 0 bridgehead atoms. The Morgan fingerprint density at radius 2 is 2.21 bits per heavy atom. The predicted octanol–water partition coefficient (Wildman–Crippen LogP) is 1.81. The van der Waals surface area contributed by atoms with Crippen LogP contribution in [0.2, 0.25) is 0 Å². The average Bonchev–Trinajstić information content (AvgIpc) is 2.15. The van der Waals surface area contributed by atoms with Gasteiger partial charge in [-0.05, 0) is 32.4 Å². The maximum Gasteiger partial charge on any atom is 0.0663 e. The van der Waals surface area contributed by atoms with E-state index in [-0.39, 0.29) is 12.1 Å². The minimum Gasteiger partial charge on any atom is -0.377 e. The van der Waals surface area contributed by atoms with Gasteiger partial charge in [0, 0.05) is 11.9 Å². The maximum absolute atomic E-state index is 5.98. The van der Waals surface area contributed by atoms with Gasteiger partial charge in [0.1, 0.15) is 0 Å². The molecule has 0 aliphatic rings. The topological polar surface area (TPSA) is 48.1 Å². The highest BCUT2D eigenvalue weighted by Gasteiger charge is 2.09. The van der Waals surface area contributed by atoms with Gasteiger partial charge in [0.25, 0.3) is 0 Å². The molecule has 0 fully saturated rings. The summed E-state index contributed by atoms with van der Waals surface area (Å²) in [5.41, 5.74) is 8.02. The fraction of sp³-hybridized carbons (Fsp3) is 0.545. The number of hydrogen-bond donors (Lipinski definition) is 1. The van der Waals surface area contributed by atoms with Crippen molar-refractivity contribution in [1.82, 2.24) is 4.98 Å². The Bertz CT molecular complexity index is 286. The molecule has 0 spiro atoms. The largest absolute Gasteiger partial charge is 0.377 e. The highest BCUT2D eigenvalue weighted by atomic mass is 16.5. The fourth-order valence-electron chi connectivity index (χ4n) is 1.27. The van der Waals surface area contributed by atoms with E-state index in [0.717, 1.165) is 11.3 Å². The Hall–Kier alpha value is -0.930. The Balaban J connectivity index is 2.60. The van der Waals surface area contributed by atoms with Gasteiger partial charge in [-0.2, -0.15) is 0 Å². The second kappa shape index (κ2) is 5.08. The quantitative estimate of drug-likeness (QED) is 0.795. The highest BCUT2D eigenvalue weighted by Crippen LogP contribution is 2.13. The average molecular weight is 194 g/mol. The van der Waals surface area contributed by atoms with Crippen molar-refractivity contribution in [3.63, 3.8) is 0 Å². The van der Waals surface area contributed by atoms with Crippen molar-refractivity contribution in [2.24, 2.45) is 5.73 Å². The van der Waals surface area contributed by atoms with Crippen LogP contribution >= 0.6 is 0 Å². The number of nitrogens with zero attached hydrogens (tertiary/aromatic N) is 1. The number of hydrogen-bond acceptors (Lipinski definition) is 3. The molecule has 1 unspecified atom stereocenters. The summed E-state index contributed by atoms with van der Waals surface area (Å²) in [6.07, 6.45) is 1.99. The van der Waals surface area contributed by atoms with Gasteiger partial charge >= 0.3 is 0 Å². The van der Waals surface area contributed by atoms with E-state index in [1.165, 1.54) is 0 Å². The van der Waals surface area contributed by atoms with Gasteiger partial charge < -0.3 is 10.5 Å². The third-order valence-electron chi connectivity index (χ3n) is 2.06. The van der Waals surface area contributed by atoms with E-state index in [2.05, 4.69) is 4.98 Å². The molecule has 1 rings (SSSR count). The molecule has 1 atom stereocenters. The molecule has 0 amide bonds. The van der Waals surface area contributed by atoms with Crippen LogP contribution < -0.4 is 5.73 Å². The molecule has 1 aromatic rings. The van der Waals surface area contributed by atoms with Gasteiger partial charge in [0.2, 0.25) is 0 Å². The van der Waals surface area contributed by atoms with Gasteiger partial charge in [0.15, 0.2) is 0 Å². The lowest BCUT2D eigenvalue weighted by molar-refractivity contribution is 0.0681. The molecular weight excluding hydrogens is 176 g/mol. The third-order valence-corrected chi connectivity index (χ3v) is 2.06. The standard InChI is InChI=1S/C11H18N2O/c1-8(2)14-7-11(12)10-5-4-6-13-9(10)3/h4-6,8,11H,7,12H2,1-3H3. The van der Waals surface area contributed by atoms with Gasteiger partial charge in [-0.15, -0.1) is 0 Å². The second-order valence-corrected chi connectivity index (χ2v) is 3.67. The van der Waals surface area contributed by atoms with E-state index in [9.17, 15) is 0 Å². The van der Waals surface area contributed by atoms with Crippen molar-refractivity contribution in [3.05, 3.63) is 29.6 Å². The van der Waals surface area contributed by atoms with Crippen molar-refractivity contribution in [3.8, 4) is 0 Å². The molecule has 0 aromatic carbocycles. The molecule has 0 aliphatic carbocycles. The molecule has 78 valence electrons. The summed E-state index contributed by atoms with van der Waals surface area (Å²) in [6, 6.07) is 3.82. The molecule has 2 N–H and O–H groups in total. The first-order chi connectivity index (χ1) is 6.61. The van der Waals surface area contributed by atoms with Gasteiger partial charge in [0.05, 0.1) is 18.8 Å². The maximum atomic E-state index is 5.98. The van der Waals surface area contributed by atoms with Crippen LogP contribution in [-0.4, -0.2) is 17.7 Å². The smallest absolute Gasteiger partial charge is 0.0663 e. The summed E-state index contributed by atoms with van der Waals surface area (Å²) in [7, 11) is 0. The van der Waals surface area contributed by atoms with Gasteiger partial charge in [-0.25, -0.2) is 0 Å². The molecule has 1 heterocycles. The molecule has 0 saturated heterocycles. The predicted molar refractivity (Wildman–Crippen MR) is 57.0 cm³/mol. The molecule has 0 aliphatic heterocycles. The summed E-state index contributed by atoms with van der Waals surface area (Å²) < 4.78 is 5.46. The zero-order valence-corrected chi connectivity index (χ0v) is 9.03. The SMILES string of the molecule is Cc1ncccc1C(N)COC(C)C. The van der Waals surface area contributed by atoms with Crippen LogP contribution in [0.4, 0.5) is 0 Å². The van der Waals surface area contributed by atoms with Crippen molar-refractivity contribution in [1.29, 1.82) is 0 Å².